The maximum atomic E-state index is 10.9. The molecule has 0 aromatic heterocycles. The molecule has 0 N–H and O–H groups in total. The molecule has 0 radical (unpaired) electrons. The Kier molecular flexibility index (Phi) is 3.85. The topological polar surface area (TPSA) is 17.1 Å². The van der Waals surface area contributed by atoms with Crippen LogP contribution < -0.4 is 0 Å². The quantitative estimate of drug-likeness (QED) is 0.551. The van der Waals surface area contributed by atoms with Crippen molar-refractivity contribution >= 4 is 16.9 Å². The molecule has 1 aliphatic carbocycles. The molecular formula is C15H12OS. The molecule has 1 aliphatic rings. The van der Waals surface area contributed by atoms with Gasteiger partial charge in [-0.2, -0.15) is 0 Å². The summed E-state index contributed by atoms with van der Waals surface area (Å²) in [6.45, 7) is 1.57. The first-order valence-corrected chi connectivity index (χ1v) is 6.22. The van der Waals surface area contributed by atoms with Crippen LogP contribution in [0.2, 0.25) is 0 Å². The van der Waals surface area contributed by atoms with Crippen molar-refractivity contribution in [1.29, 1.82) is 0 Å². The number of thioether (sulfide) groups is 1. The van der Waals surface area contributed by atoms with E-state index in [4.69, 9.17) is 0 Å². The molecule has 17 heavy (non-hydrogen) atoms. The van der Waals surface area contributed by atoms with Crippen molar-refractivity contribution in [2.24, 2.45) is 0 Å². The Morgan fingerprint density at radius 2 is 2.00 bits per heavy atom. The van der Waals surface area contributed by atoms with Gasteiger partial charge in [-0.15, -0.1) is 0 Å². The minimum absolute atomic E-state index is 0.103. The third-order valence-corrected chi connectivity index (χ3v) is 3.05. The van der Waals surface area contributed by atoms with E-state index in [0.717, 1.165) is 22.5 Å². The van der Waals surface area contributed by atoms with Crippen LogP contribution >= 0.6 is 11.8 Å². The predicted molar refractivity (Wildman–Crippen MR) is 71.7 cm³/mol. The van der Waals surface area contributed by atoms with Crippen molar-refractivity contribution in [3.63, 3.8) is 0 Å². The zero-order valence-electron chi connectivity index (χ0n) is 9.57. The number of hydrogen-bond donors (Lipinski definition) is 0. The summed E-state index contributed by atoms with van der Waals surface area (Å²) in [5.74, 6) is 6.25. The SMILES string of the molecule is CC(=O)Sc1ccc(C#CC2=CC=CC2)cc1. The average Bonchev–Trinajstić information content (AvgIpc) is 2.80. The summed E-state index contributed by atoms with van der Waals surface area (Å²) in [4.78, 5) is 11.9. The van der Waals surface area contributed by atoms with E-state index in [9.17, 15) is 4.79 Å². The fourth-order valence-corrected chi connectivity index (χ4v) is 2.07. The molecule has 0 heterocycles. The number of hydrogen-bond acceptors (Lipinski definition) is 2. The van der Waals surface area contributed by atoms with Crippen molar-refractivity contribution in [1.82, 2.24) is 0 Å². The third kappa shape index (κ3) is 3.65. The van der Waals surface area contributed by atoms with Crippen molar-refractivity contribution in [2.75, 3.05) is 0 Å². The summed E-state index contributed by atoms with van der Waals surface area (Å²) < 4.78 is 0. The third-order valence-electron chi connectivity index (χ3n) is 2.25. The molecule has 0 fully saturated rings. The van der Waals surface area contributed by atoms with Gasteiger partial charge in [0.15, 0.2) is 5.12 Å². The highest BCUT2D eigenvalue weighted by molar-refractivity contribution is 8.13. The molecule has 0 unspecified atom stereocenters. The van der Waals surface area contributed by atoms with Crippen LogP contribution in [0, 0.1) is 11.8 Å². The van der Waals surface area contributed by atoms with E-state index < -0.39 is 0 Å². The number of carbonyl (C=O) groups excluding carboxylic acids is 1. The standard InChI is InChI=1S/C15H12OS/c1-12(16)17-15-10-8-14(9-11-15)7-6-13-4-2-3-5-13/h2-4,8-11H,5H2,1H3. The lowest BCUT2D eigenvalue weighted by atomic mass is 10.2. The van der Waals surface area contributed by atoms with Crippen molar-refractivity contribution < 1.29 is 4.79 Å². The van der Waals surface area contributed by atoms with E-state index in [1.165, 1.54) is 11.8 Å². The van der Waals surface area contributed by atoms with E-state index in [1.807, 2.05) is 36.4 Å². The Morgan fingerprint density at radius 1 is 1.24 bits per heavy atom. The minimum Gasteiger partial charge on any atom is -0.287 e. The maximum Gasteiger partial charge on any atom is 0.190 e. The molecule has 84 valence electrons. The zero-order chi connectivity index (χ0) is 12.1. The first-order valence-electron chi connectivity index (χ1n) is 5.40. The lowest BCUT2D eigenvalue weighted by Gasteiger charge is -1.96. The zero-order valence-corrected chi connectivity index (χ0v) is 10.4. The molecule has 1 aromatic carbocycles. The van der Waals surface area contributed by atoms with Crippen LogP contribution in [-0.4, -0.2) is 5.12 Å². The molecule has 1 nitrogen and oxygen atoms in total. The highest BCUT2D eigenvalue weighted by Gasteiger charge is 1.98. The predicted octanol–water partition coefficient (Wildman–Crippen LogP) is 3.56. The van der Waals surface area contributed by atoms with E-state index in [-0.39, 0.29) is 5.12 Å². The van der Waals surface area contributed by atoms with Gasteiger partial charge in [-0.05, 0) is 30.7 Å². The Labute approximate surface area is 106 Å². The summed E-state index contributed by atoms with van der Waals surface area (Å²) in [5, 5.41) is 0.103. The fourth-order valence-electron chi connectivity index (χ4n) is 1.46. The van der Waals surface area contributed by atoms with Gasteiger partial charge in [0.1, 0.15) is 0 Å². The second kappa shape index (κ2) is 5.56. The summed E-state index contributed by atoms with van der Waals surface area (Å²) in [7, 11) is 0. The molecule has 0 spiro atoms. The second-order valence-electron chi connectivity index (χ2n) is 3.69. The molecular weight excluding hydrogens is 228 g/mol. The summed E-state index contributed by atoms with van der Waals surface area (Å²) >= 11 is 1.24. The van der Waals surface area contributed by atoms with Crippen LogP contribution in [-0.2, 0) is 4.79 Å². The van der Waals surface area contributed by atoms with E-state index in [2.05, 4.69) is 17.9 Å². The summed E-state index contributed by atoms with van der Waals surface area (Å²) in [6.07, 6.45) is 7.09. The highest BCUT2D eigenvalue weighted by atomic mass is 32.2. The fraction of sp³-hybridized carbons (Fsp3) is 0.133. The van der Waals surface area contributed by atoms with Gasteiger partial charge >= 0.3 is 0 Å². The first-order chi connectivity index (χ1) is 8.24. The van der Waals surface area contributed by atoms with E-state index >= 15 is 0 Å². The molecule has 1 aromatic rings. The molecule has 0 aliphatic heterocycles. The van der Waals surface area contributed by atoms with Gasteiger partial charge < -0.3 is 0 Å². The lowest BCUT2D eigenvalue weighted by molar-refractivity contribution is -0.109. The Bertz CT molecular complexity index is 539. The van der Waals surface area contributed by atoms with Crippen molar-refractivity contribution in [2.45, 2.75) is 18.2 Å². The smallest absolute Gasteiger partial charge is 0.190 e. The molecule has 0 amide bonds. The minimum atomic E-state index is 0.103. The van der Waals surface area contributed by atoms with Crippen LogP contribution in [0.1, 0.15) is 18.9 Å². The Morgan fingerprint density at radius 3 is 2.59 bits per heavy atom. The van der Waals surface area contributed by atoms with Crippen LogP contribution in [0.25, 0.3) is 0 Å². The number of allylic oxidation sites excluding steroid dienone is 4. The molecule has 2 rings (SSSR count). The van der Waals surface area contributed by atoms with Gasteiger partial charge in [0.25, 0.3) is 0 Å². The molecule has 0 atom stereocenters. The monoisotopic (exact) mass is 240 g/mol. The van der Waals surface area contributed by atoms with Gasteiger partial charge in [0, 0.05) is 23.0 Å². The van der Waals surface area contributed by atoms with E-state index in [1.54, 1.807) is 6.92 Å². The highest BCUT2D eigenvalue weighted by Crippen LogP contribution is 2.18. The summed E-state index contributed by atoms with van der Waals surface area (Å²) in [5.41, 5.74) is 2.12. The molecule has 2 heteroatoms. The molecule has 0 saturated heterocycles. The van der Waals surface area contributed by atoms with E-state index in [0.29, 0.717) is 0 Å². The normalized spacial score (nSPS) is 12.9. The second-order valence-corrected chi connectivity index (χ2v) is 4.94. The van der Waals surface area contributed by atoms with Crippen molar-refractivity contribution in [3.8, 4) is 11.8 Å². The largest absolute Gasteiger partial charge is 0.287 e. The number of rotatable bonds is 1. The first kappa shape index (κ1) is 11.8. The number of carbonyl (C=O) groups is 1. The van der Waals surface area contributed by atoms with Gasteiger partial charge in [-0.1, -0.05) is 41.8 Å². The van der Waals surface area contributed by atoms with Crippen LogP contribution in [0.4, 0.5) is 0 Å². The Hall–Kier alpha value is -1.72. The van der Waals surface area contributed by atoms with Crippen LogP contribution in [0.3, 0.4) is 0 Å². The van der Waals surface area contributed by atoms with Gasteiger partial charge in [0.2, 0.25) is 0 Å². The summed E-state index contributed by atoms with van der Waals surface area (Å²) in [6, 6.07) is 7.75. The van der Waals surface area contributed by atoms with Crippen molar-refractivity contribution in [3.05, 3.63) is 53.6 Å². The van der Waals surface area contributed by atoms with Crippen LogP contribution in [0.5, 0.6) is 0 Å². The average molecular weight is 240 g/mol. The molecule has 0 saturated carbocycles. The maximum absolute atomic E-state index is 10.9. The number of benzene rings is 1. The van der Waals surface area contributed by atoms with Gasteiger partial charge in [-0.3, -0.25) is 4.79 Å². The lowest BCUT2D eigenvalue weighted by Crippen LogP contribution is -1.81. The van der Waals surface area contributed by atoms with Crippen LogP contribution in [0.15, 0.2) is 53.0 Å². The van der Waals surface area contributed by atoms with Gasteiger partial charge in [0.05, 0.1) is 0 Å². The van der Waals surface area contributed by atoms with Gasteiger partial charge in [-0.25, -0.2) is 0 Å². The molecule has 0 bridgehead atoms. The Balaban J connectivity index is 2.05.